The molecular weight excluding hydrogens is 424 g/mol. The molecule has 0 atom stereocenters. The Morgan fingerprint density at radius 2 is 1.31 bits per heavy atom. The molecule has 0 bridgehead atoms. The van der Waals surface area contributed by atoms with E-state index in [1.165, 1.54) is 44.9 Å². The zero-order valence-electron chi connectivity index (χ0n) is 20.7. The lowest BCUT2D eigenvalue weighted by Gasteiger charge is -2.20. The predicted molar refractivity (Wildman–Crippen MR) is 133 cm³/mol. The molecule has 0 aliphatic carbocycles. The summed E-state index contributed by atoms with van der Waals surface area (Å²) in [5, 5.41) is 2.73. The highest BCUT2D eigenvalue weighted by atomic mass is 32.2. The summed E-state index contributed by atoms with van der Waals surface area (Å²) in [5.41, 5.74) is 2.60. The molecule has 1 rings (SSSR count). The van der Waals surface area contributed by atoms with Crippen molar-refractivity contribution in [3.05, 3.63) is 29.3 Å². The molecular formula is C25H44N2O4S. The van der Waals surface area contributed by atoms with Gasteiger partial charge in [-0.2, -0.15) is 8.42 Å². The van der Waals surface area contributed by atoms with Crippen molar-refractivity contribution >= 4 is 22.0 Å². The maximum absolute atomic E-state index is 12.4. The third kappa shape index (κ3) is 11.3. The lowest BCUT2D eigenvalue weighted by molar-refractivity contribution is 0.252. The van der Waals surface area contributed by atoms with Gasteiger partial charge in [0.2, 0.25) is 0 Å². The van der Waals surface area contributed by atoms with Gasteiger partial charge in [0, 0.05) is 5.69 Å². The highest BCUT2D eigenvalue weighted by Crippen LogP contribution is 2.32. The largest absolute Gasteiger partial charge is 0.363 e. The number of amides is 2. The molecule has 2 N–H and O–H groups in total. The summed E-state index contributed by atoms with van der Waals surface area (Å²) < 4.78 is 31.2. The van der Waals surface area contributed by atoms with Gasteiger partial charge in [0.25, 0.3) is 0 Å². The summed E-state index contributed by atoms with van der Waals surface area (Å²) in [6.45, 7) is 10.4. The van der Waals surface area contributed by atoms with Gasteiger partial charge in [0.1, 0.15) is 0 Å². The molecule has 0 unspecified atom stereocenters. The van der Waals surface area contributed by atoms with Crippen LogP contribution in [-0.4, -0.2) is 21.1 Å². The van der Waals surface area contributed by atoms with Crippen LogP contribution in [-0.2, 0) is 14.5 Å². The smallest absolute Gasteiger partial charge is 0.307 e. The average molecular weight is 469 g/mol. The summed E-state index contributed by atoms with van der Waals surface area (Å²) >= 11 is 0. The molecule has 0 heterocycles. The number of anilines is 1. The van der Waals surface area contributed by atoms with E-state index in [1.54, 1.807) is 0 Å². The SMILES string of the molecule is CCCCCCCCCCCCOS(=O)(=O)NC(=O)Nc1c(C(C)C)cccc1C(C)C. The van der Waals surface area contributed by atoms with Gasteiger partial charge in [0.15, 0.2) is 0 Å². The second-order valence-corrected chi connectivity index (χ2v) is 10.5. The first kappa shape index (κ1) is 28.4. The van der Waals surface area contributed by atoms with Crippen molar-refractivity contribution in [2.24, 2.45) is 0 Å². The van der Waals surface area contributed by atoms with Crippen molar-refractivity contribution in [1.29, 1.82) is 0 Å². The van der Waals surface area contributed by atoms with Crippen molar-refractivity contribution in [2.75, 3.05) is 11.9 Å². The lowest BCUT2D eigenvalue weighted by atomic mass is 9.93. The topological polar surface area (TPSA) is 84.5 Å². The Balaban J connectivity index is 2.39. The molecule has 0 spiro atoms. The van der Waals surface area contributed by atoms with E-state index in [0.717, 1.165) is 24.0 Å². The number of hydrogen-bond acceptors (Lipinski definition) is 4. The molecule has 0 aliphatic rings. The molecule has 0 fully saturated rings. The monoisotopic (exact) mass is 468 g/mol. The summed E-state index contributed by atoms with van der Waals surface area (Å²) in [6, 6.07) is 5.05. The fourth-order valence-corrected chi connectivity index (χ4v) is 4.41. The standard InChI is InChI=1S/C25H44N2O4S/c1-6-7-8-9-10-11-12-13-14-15-19-31-32(29,30)27-25(28)26-24-22(20(2)3)17-16-18-23(24)21(4)5/h16-18,20-21H,6-15,19H2,1-5H3,(H2,26,27,28). The normalized spacial score (nSPS) is 11.8. The van der Waals surface area contributed by atoms with E-state index in [1.807, 2.05) is 50.6 Å². The Morgan fingerprint density at radius 3 is 1.78 bits per heavy atom. The van der Waals surface area contributed by atoms with Crippen molar-refractivity contribution in [3.63, 3.8) is 0 Å². The molecule has 0 saturated carbocycles. The maximum atomic E-state index is 12.4. The predicted octanol–water partition coefficient (Wildman–Crippen LogP) is 7.24. The van der Waals surface area contributed by atoms with Gasteiger partial charge < -0.3 is 5.32 Å². The van der Waals surface area contributed by atoms with Crippen LogP contribution in [0.4, 0.5) is 10.5 Å². The van der Waals surface area contributed by atoms with Gasteiger partial charge in [-0.15, -0.1) is 0 Å². The average Bonchev–Trinajstić information content (AvgIpc) is 2.71. The van der Waals surface area contributed by atoms with Crippen molar-refractivity contribution in [3.8, 4) is 0 Å². The minimum absolute atomic E-state index is 0.0823. The number of nitrogens with one attached hydrogen (secondary N) is 2. The van der Waals surface area contributed by atoms with Crippen LogP contribution in [0.5, 0.6) is 0 Å². The minimum atomic E-state index is -4.14. The molecule has 184 valence electrons. The molecule has 1 aromatic carbocycles. The second-order valence-electron chi connectivity index (χ2n) is 9.14. The summed E-state index contributed by atoms with van der Waals surface area (Å²) in [7, 11) is -4.14. The molecule has 0 aliphatic heterocycles. The van der Waals surface area contributed by atoms with E-state index in [9.17, 15) is 13.2 Å². The summed E-state index contributed by atoms with van der Waals surface area (Å²) in [5.74, 6) is 0.376. The van der Waals surface area contributed by atoms with Crippen molar-refractivity contribution < 1.29 is 17.4 Å². The zero-order valence-corrected chi connectivity index (χ0v) is 21.5. The van der Waals surface area contributed by atoms with Gasteiger partial charge in [-0.05, 0) is 29.4 Å². The molecule has 2 amide bonds. The fraction of sp³-hybridized carbons (Fsp3) is 0.720. The van der Waals surface area contributed by atoms with Crippen LogP contribution < -0.4 is 10.0 Å². The quantitative estimate of drug-likeness (QED) is 0.250. The van der Waals surface area contributed by atoms with E-state index < -0.39 is 16.3 Å². The number of carbonyl (C=O) groups excluding carboxylic acids is 1. The van der Waals surface area contributed by atoms with Crippen LogP contribution in [0.2, 0.25) is 0 Å². The van der Waals surface area contributed by atoms with E-state index in [0.29, 0.717) is 12.1 Å². The van der Waals surface area contributed by atoms with E-state index in [2.05, 4.69) is 12.2 Å². The number of rotatable bonds is 16. The Bertz CT molecular complexity index is 750. The number of benzene rings is 1. The molecule has 32 heavy (non-hydrogen) atoms. The Kier molecular flexibility index (Phi) is 13.6. The first-order valence-corrected chi connectivity index (χ1v) is 13.7. The van der Waals surface area contributed by atoms with Gasteiger partial charge >= 0.3 is 16.3 Å². The van der Waals surface area contributed by atoms with Crippen LogP contribution in [0.3, 0.4) is 0 Å². The first-order chi connectivity index (χ1) is 15.2. The third-order valence-electron chi connectivity index (χ3n) is 5.57. The Labute approximate surface area is 196 Å². The third-order valence-corrected chi connectivity index (χ3v) is 6.48. The van der Waals surface area contributed by atoms with E-state index in [-0.39, 0.29) is 18.4 Å². The Hall–Kier alpha value is -1.60. The van der Waals surface area contributed by atoms with Crippen molar-refractivity contribution in [1.82, 2.24) is 4.72 Å². The Morgan fingerprint density at radius 1 is 0.844 bits per heavy atom. The number of urea groups is 1. The van der Waals surface area contributed by atoms with Crippen LogP contribution in [0.25, 0.3) is 0 Å². The molecule has 0 radical (unpaired) electrons. The van der Waals surface area contributed by atoms with E-state index in [4.69, 9.17) is 4.18 Å². The maximum Gasteiger partial charge on any atom is 0.363 e. The fourth-order valence-electron chi connectivity index (χ4n) is 3.74. The van der Waals surface area contributed by atoms with Crippen LogP contribution in [0, 0.1) is 0 Å². The number of unbranched alkanes of at least 4 members (excludes halogenated alkanes) is 9. The summed E-state index contributed by atoms with van der Waals surface area (Å²) in [6.07, 6.45) is 11.6. The molecule has 0 aromatic heterocycles. The molecule has 7 heteroatoms. The van der Waals surface area contributed by atoms with Gasteiger partial charge in [0.05, 0.1) is 6.61 Å². The zero-order chi connectivity index (χ0) is 24.0. The number of hydrogen-bond donors (Lipinski definition) is 2. The number of para-hydroxylation sites is 1. The van der Waals surface area contributed by atoms with Gasteiger partial charge in [-0.3, -0.25) is 4.18 Å². The molecule has 0 saturated heterocycles. The second kappa shape index (κ2) is 15.3. The summed E-state index contributed by atoms with van der Waals surface area (Å²) in [4.78, 5) is 12.4. The minimum Gasteiger partial charge on any atom is -0.307 e. The van der Waals surface area contributed by atoms with Crippen LogP contribution >= 0.6 is 0 Å². The van der Waals surface area contributed by atoms with Crippen LogP contribution in [0.15, 0.2) is 18.2 Å². The lowest BCUT2D eigenvalue weighted by Crippen LogP contribution is -2.36. The van der Waals surface area contributed by atoms with Gasteiger partial charge in [-0.1, -0.05) is 111 Å². The molecule has 1 aromatic rings. The van der Waals surface area contributed by atoms with Gasteiger partial charge in [-0.25, -0.2) is 9.52 Å². The van der Waals surface area contributed by atoms with E-state index >= 15 is 0 Å². The first-order valence-electron chi connectivity index (χ1n) is 12.3. The highest BCUT2D eigenvalue weighted by molar-refractivity contribution is 7.85. The highest BCUT2D eigenvalue weighted by Gasteiger charge is 2.19. The van der Waals surface area contributed by atoms with Crippen molar-refractivity contribution in [2.45, 2.75) is 111 Å². The van der Waals surface area contributed by atoms with Crippen LogP contribution in [0.1, 0.15) is 122 Å². The molecule has 6 nitrogen and oxygen atoms in total. The number of carbonyl (C=O) groups is 1.